The van der Waals surface area contributed by atoms with E-state index in [1.807, 2.05) is 0 Å². The van der Waals surface area contributed by atoms with Gasteiger partial charge in [0.05, 0.1) is 6.61 Å². The Hall–Kier alpha value is -1.82. The highest BCUT2D eigenvalue weighted by atomic mass is 32.2. The quantitative estimate of drug-likeness (QED) is 0.858. The number of hydrogen-bond acceptors (Lipinski definition) is 3. The Morgan fingerprint density at radius 1 is 1.05 bits per heavy atom. The van der Waals surface area contributed by atoms with Crippen LogP contribution in [0.25, 0.3) is 0 Å². The Bertz CT molecular complexity index is 634. The van der Waals surface area contributed by atoms with Gasteiger partial charge in [0.2, 0.25) is 0 Å². The van der Waals surface area contributed by atoms with Crippen LogP contribution in [0.1, 0.15) is 6.92 Å². The van der Waals surface area contributed by atoms with Gasteiger partial charge in [0.15, 0.2) is 23.2 Å². The number of ether oxygens (including phenoxy) is 1. The minimum Gasteiger partial charge on any atom is -0.491 e. The molecular formula is C14H12F3NOS. The first-order valence-electron chi connectivity index (χ1n) is 5.86. The van der Waals surface area contributed by atoms with Crippen molar-refractivity contribution >= 4 is 17.4 Å². The van der Waals surface area contributed by atoms with Gasteiger partial charge in [-0.2, -0.15) is 0 Å². The number of anilines is 1. The number of benzene rings is 2. The summed E-state index contributed by atoms with van der Waals surface area (Å²) in [6.07, 6.45) is 0. The van der Waals surface area contributed by atoms with Crippen LogP contribution in [0, 0.1) is 17.5 Å². The lowest BCUT2D eigenvalue weighted by molar-refractivity contribution is 0.321. The lowest BCUT2D eigenvalue weighted by Gasteiger charge is -2.10. The summed E-state index contributed by atoms with van der Waals surface area (Å²) in [5.74, 6) is -2.34. The highest BCUT2D eigenvalue weighted by molar-refractivity contribution is 7.99. The lowest BCUT2D eigenvalue weighted by Crippen LogP contribution is -1.98. The summed E-state index contributed by atoms with van der Waals surface area (Å²) in [5, 5.41) is 0. The maximum atomic E-state index is 13.5. The molecular weight excluding hydrogens is 287 g/mol. The van der Waals surface area contributed by atoms with E-state index < -0.39 is 17.5 Å². The van der Waals surface area contributed by atoms with Crippen molar-refractivity contribution in [3.8, 4) is 5.75 Å². The van der Waals surface area contributed by atoms with Crippen molar-refractivity contribution in [2.24, 2.45) is 0 Å². The van der Waals surface area contributed by atoms with E-state index in [2.05, 4.69) is 0 Å². The number of nitrogens with two attached hydrogens (primary N) is 1. The molecule has 0 spiro atoms. The van der Waals surface area contributed by atoms with Crippen LogP contribution in [0.2, 0.25) is 0 Å². The van der Waals surface area contributed by atoms with Crippen molar-refractivity contribution in [3.05, 3.63) is 47.8 Å². The Morgan fingerprint density at radius 3 is 2.45 bits per heavy atom. The highest BCUT2D eigenvalue weighted by Crippen LogP contribution is 2.36. The lowest BCUT2D eigenvalue weighted by atomic mass is 10.3. The van der Waals surface area contributed by atoms with E-state index >= 15 is 0 Å². The molecule has 2 rings (SSSR count). The van der Waals surface area contributed by atoms with Gasteiger partial charge in [0.25, 0.3) is 0 Å². The third kappa shape index (κ3) is 3.19. The maximum Gasteiger partial charge on any atom is 0.167 e. The predicted octanol–water partition coefficient (Wildman–Crippen LogP) is 4.24. The second-order valence-electron chi connectivity index (χ2n) is 3.93. The van der Waals surface area contributed by atoms with E-state index in [1.165, 1.54) is 12.1 Å². The smallest absolute Gasteiger partial charge is 0.167 e. The van der Waals surface area contributed by atoms with Gasteiger partial charge >= 0.3 is 0 Å². The number of nitrogen functional groups attached to an aromatic ring is 1. The molecule has 20 heavy (non-hydrogen) atoms. The molecule has 6 heteroatoms. The van der Waals surface area contributed by atoms with E-state index in [1.54, 1.807) is 6.92 Å². The fourth-order valence-corrected chi connectivity index (χ4v) is 2.47. The summed E-state index contributed by atoms with van der Waals surface area (Å²) in [6, 6.07) is 6.10. The van der Waals surface area contributed by atoms with E-state index in [4.69, 9.17) is 10.5 Å². The summed E-state index contributed by atoms with van der Waals surface area (Å²) in [5.41, 5.74) is 5.93. The van der Waals surface area contributed by atoms with Gasteiger partial charge in [0, 0.05) is 21.5 Å². The molecule has 106 valence electrons. The first kappa shape index (κ1) is 14.6. The second-order valence-corrected chi connectivity index (χ2v) is 5.05. The van der Waals surface area contributed by atoms with Crippen LogP contribution in [0.15, 0.2) is 40.1 Å². The van der Waals surface area contributed by atoms with Crippen LogP contribution >= 0.6 is 11.8 Å². The zero-order valence-corrected chi connectivity index (χ0v) is 11.4. The van der Waals surface area contributed by atoms with Gasteiger partial charge < -0.3 is 10.5 Å². The fraction of sp³-hybridized carbons (Fsp3) is 0.143. The van der Waals surface area contributed by atoms with Gasteiger partial charge in [-0.25, -0.2) is 13.2 Å². The topological polar surface area (TPSA) is 35.2 Å². The average Bonchev–Trinajstić information content (AvgIpc) is 2.39. The second kappa shape index (κ2) is 6.09. The predicted molar refractivity (Wildman–Crippen MR) is 72.5 cm³/mol. The number of halogens is 3. The van der Waals surface area contributed by atoms with Crippen LogP contribution in [0.5, 0.6) is 5.75 Å². The van der Waals surface area contributed by atoms with Gasteiger partial charge in [-0.15, -0.1) is 0 Å². The van der Waals surface area contributed by atoms with Crippen molar-refractivity contribution in [2.45, 2.75) is 16.7 Å². The molecule has 2 nitrogen and oxygen atoms in total. The molecule has 0 amide bonds. The molecule has 2 aromatic rings. The minimum absolute atomic E-state index is 0.0757. The van der Waals surface area contributed by atoms with E-state index in [0.717, 1.165) is 30.0 Å². The van der Waals surface area contributed by atoms with Gasteiger partial charge in [-0.3, -0.25) is 0 Å². The van der Waals surface area contributed by atoms with Crippen LogP contribution in [-0.4, -0.2) is 6.61 Å². The van der Waals surface area contributed by atoms with Crippen LogP contribution in [0.4, 0.5) is 18.9 Å². The van der Waals surface area contributed by atoms with Crippen molar-refractivity contribution < 1.29 is 17.9 Å². The van der Waals surface area contributed by atoms with Crippen molar-refractivity contribution in [2.75, 3.05) is 12.3 Å². The number of hydrogen-bond donors (Lipinski definition) is 1. The summed E-state index contributed by atoms with van der Waals surface area (Å²) < 4.78 is 44.7. The maximum absolute atomic E-state index is 13.5. The van der Waals surface area contributed by atoms with E-state index in [-0.39, 0.29) is 11.4 Å². The summed E-state index contributed by atoms with van der Waals surface area (Å²) in [6.45, 7) is 2.05. The SMILES string of the molecule is CCOc1cc(Sc2ccc(F)c(F)c2)c(N)cc1F. The van der Waals surface area contributed by atoms with Crippen LogP contribution < -0.4 is 10.5 Å². The molecule has 0 aliphatic heterocycles. The molecule has 0 aliphatic carbocycles. The van der Waals surface area contributed by atoms with Crippen LogP contribution in [0.3, 0.4) is 0 Å². The molecule has 0 radical (unpaired) electrons. The Morgan fingerprint density at radius 2 is 1.80 bits per heavy atom. The van der Waals surface area contributed by atoms with Gasteiger partial charge in [-0.05, 0) is 31.2 Å². The monoisotopic (exact) mass is 299 g/mol. The average molecular weight is 299 g/mol. The molecule has 2 N–H and O–H groups in total. The highest BCUT2D eigenvalue weighted by Gasteiger charge is 2.11. The van der Waals surface area contributed by atoms with Gasteiger partial charge in [0.1, 0.15) is 0 Å². The van der Waals surface area contributed by atoms with Crippen LogP contribution in [-0.2, 0) is 0 Å². The fourth-order valence-electron chi connectivity index (χ4n) is 1.57. The first-order valence-corrected chi connectivity index (χ1v) is 6.67. The Balaban J connectivity index is 2.32. The molecule has 0 atom stereocenters. The number of rotatable bonds is 4. The Kier molecular flexibility index (Phi) is 4.44. The molecule has 0 bridgehead atoms. The summed E-state index contributed by atoms with van der Waals surface area (Å²) in [7, 11) is 0. The van der Waals surface area contributed by atoms with Crippen molar-refractivity contribution in [1.82, 2.24) is 0 Å². The third-order valence-corrected chi connectivity index (χ3v) is 3.55. The zero-order chi connectivity index (χ0) is 14.7. The molecule has 0 aliphatic rings. The van der Waals surface area contributed by atoms with E-state index in [9.17, 15) is 13.2 Å². The first-order chi connectivity index (χ1) is 9.51. The van der Waals surface area contributed by atoms with Crippen molar-refractivity contribution in [1.29, 1.82) is 0 Å². The zero-order valence-electron chi connectivity index (χ0n) is 10.6. The van der Waals surface area contributed by atoms with Crippen molar-refractivity contribution in [3.63, 3.8) is 0 Å². The molecule has 0 aromatic heterocycles. The molecule has 2 aromatic carbocycles. The molecule has 0 fully saturated rings. The normalized spacial score (nSPS) is 10.6. The Labute approximate surface area is 118 Å². The summed E-state index contributed by atoms with van der Waals surface area (Å²) in [4.78, 5) is 0.977. The molecule has 0 unspecified atom stereocenters. The molecule has 0 saturated heterocycles. The summed E-state index contributed by atoms with van der Waals surface area (Å²) >= 11 is 1.11. The van der Waals surface area contributed by atoms with E-state index in [0.29, 0.717) is 16.4 Å². The third-order valence-electron chi connectivity index (χ3n) is 2.48. The molecule has 0 heterocycles. The standard InChI is InChI=1S/C14H12F3NOS/c1-2-19-13-7-14(12(18)6-11(13)17)20-8-3-4-9(15)10(16)5-8/h3-7H,2,18H2,1H3. The minimum atomic E-state index is -0.944. The largest absolute Gasteiger partial charge is 0.491 e. The van der Waals surface area contributed by atoms with Gasteiger partial charge in [-0.1, -0.05) is 11.8 Å². The molecule has 0 saturated carbocycles.